The average Bonchev–Trinajstić information content (AvgIpc) is 3.01. The molecule has 0 saturated heterocycles. The van der Waals surface area contributed by atoms with Gasteiger partial charge in [0.1, 0.15) is 18.0 Å². The summed E-state index contributed by atoms with van der Waals surface area (Å²) in [6, 6.07) is 4.45. The van der Waals surface area contributed by atoms with Gasteiger partial charge in [0.25, 0.3) is 0 Å². The fraction of sp³-hybridized carbons (Fsp3) is 0.357. The molecule has 0 spiro atoms. The normalized spacial score (nSPS) is 14.5. The average molecular weight is 308 g/mol. The number of fused-ring (bicyclic) bond motifs is 1. The minimum absolute atomic E-state index is 0.107. The number of rotatable bonds is 3. The Balaban J connectivity index is 2.24. The molecule has 2 aromatic heterocycles. The quantitative estimate of drug-likeness (QED) is 0.698. The van der Waals surface area contributed by atoms with E-state index in [1.807, 2.05) is 30.0 Å². The number of halogens is 2. The van der Waals surface area contributed by atoms with Gasteiger partial charge in [0, 0.05) is 13.1 Å². The zero-order valence-electron chi connectivity index (χ0n) is 12.0. The van der Waals surface area contributed by atoms with Crippen molar-refractivity contribution in [3.8, 4) is 0 Å². The maximum absolute atomic E-state index is 13.4. The van der Waals surface area contributed by atoms with E-state index >= 15 is 0 Å². The van der Waals surface area contributed by atoms with Gasteiger partial charge in [0.05, 0.1) is 22.5 Å². The fourth-order valence-electron chi connectivity index (χ4n) is 2.56. The first-order valence-electron chi connectivity index (χ1n) is 6.64. The van der Waals surface area contributed by atoms with Crippen molar-refractivity contribution in [2.24, 2.45) is 7.05 Å². The van der Waals surface area contributed by atoms with E-state index in [1.165, 1.54) is 12.1 Å². The van der Waals surface area contributed by atoms with E-state index in [0.29, 0.717) is 11.3 Å². The van der Waals surface area contributed by atoms with Crippen LogP contribution >= 0.6 is 11.6 Å². The number of nitrogens with zero attached hydrogens (tertiary/aromatic N) is 5. The molecule has 3 rings (SSSR count). The van der Waals surface area contributed by atoms with Crippen LogP contribution < -0.4 is 0 Å². The molecule has 110 valence electrons. The second kappa shape index (κ2) is 5.11. The molecule has 1 aromatic carbocycles. The predicted octanol–water partition coefficient (Wildman–Crippen LogP) is 3.21. The number of hydrogen-bond acceptors (Lipinski definition) is 3. The van der Waals surface area contributed by atoms with Crippen LogP contribution in [0.1, 0.15) is 36.9 Å². The lowest BCUT2D eigenvalue weighted by atomic mass is 10.2. The lowest BCUT2D eigenvalue weighted by molar-refractivity contribution is 0.562. The molecule has 21 heavy (non-hydrogen) atoms. The highest BCUT2D eigenvalue weighted by molar-refractivity contribution is 6.20. The van der Waals surface area contributed by atoms with Crippen LogP contribution in [0.3, 0.4) is 0 Å². The van der Waals surface area contributed by atoms with E-state index in [4.69, 9.17) is 11.6 Å². The molecule has 7 heteroatoms. The standard InChI is InChI=1S/C14H15ClFN5/c1-8(15)13-18-11-6-10(16)4-5-12(11)21(13)9(2)14-19-17-7-20(14)3/h4-9H,1-3H3. The summed E-state index contributed by atoms with van der Waals surface area (Å²) in [5.74, 6) is 1.16. The molecule has 0 saturated carbocycles. The zero-order chi connectivity index (χ0) is 15.1. The highest BCUT2D eigenvalue weighted by Gasteiger charge is 2.22. The number of imidazole rings is 1. The predicted molar refractivity (Wildman–Crippen MR) is 78.8 cm³/mol. The van der Waals surface area contributed by atoms with Crippen LogP contribution in [0.2, 0.25) is 0 Å². The largest absolute Gasteiger partial charge is 0.319 e. The van der Waals surface area contributed by atoms with Crippen LogP contribution in [0.5, 0.6) is 0 Å². The fourth-order valence-corrected chi connectivity index (χ4v) is 2.72. The third-order valence-electron chi connectivity index (χ3n) is 3.54. The Kier molecular flexibility index (Phi) is 3.41. The highest BCUT2D eigenvalue weighted by Crippen LogP contribution is 2.30. The second-order valence-electron chi connectivity index (χ2n) is 5.07. The Morgan fingerprint density at radius 1 is 1.24 bits per heavy atom. The van der Waals surface area contributed by atoms with E-state index in [0.717, 1.165) is 11.3 Å². The number of alkyl halides is 1. The van der Waals surface area contributed by atoms with Gasteiger partial charge in [0.15, 0.2) is 5.82 Å². The van der Waals surface area contributed by atoms with Crippen LogP contribution in [-0.4, -0.2) is 24.3 Å². The monoisotopic (exact) mass is 307 g/mol. The van der Waals surface area contributed by atoms with Crippen LogP contribution in [0, 0.1) is 5.82 Å². The third-order valence-corrected chi connectivity index (χ3v) is 3.74. The van der Waals surface area contributed by atoms with Gasteiger partial charge < -0.3 is 9.13 Å². The van der Waals surface area contributed by atoms with Gasteiger partial charge in [-0.05, 0) is 26.0 Å². The summed E-state index contributed by atoms with van der Waals surface area (Å²) >= 11 is 6.24. The van der Waals surface area contributed by atoms with E-state index in [1.54, 1.807) is 12.4 Å². The summed E-state index contributed by atoms with van der Waals surface area (Å²) < 4.78 is 17.2. The third kappa shape index (κ3) is 2.29. The highest BCUT2D eigenvalue weighted by atomic mass is 35.5. The van der Waals surface area contributed by atoms with Gasteiger partial charge in [-0.3, -0.25) is 0 Å². The first-order chi connectivity index (χ1) is 9.99. The Labute approximate surface area is 126 Å². The maximum atomic E-state index is 13.4. The van der Waals surface area contributed by atoms with Crippen molar-refractivity contribution in [2.75, 3.05) is 0 Å². The van der Waals surface area contributed by atoms with Crippen molar-refractivity contribution >= 4 is 22.6 Å². The van der Waals surface area contributed by atoms with Gasteiger partial charge in [-0.1, -0.05) is 0 Å². The van der Waals surface area contributed by atoms with Crippen molar-refractivity contribution in [3.63, 3.8) is 0 Å². The van der Waals surface area contributed by atoms with Crippen molar-refractivity contribution in [3.05, 3.63) is 42.0 Å². The summed E-state index contributed by atoms with van der Waals surface area (Å²) in [5, 5.41) is 7.76. The molecule has 0 fully saturated rings. The maximum Gasteiger partial charge on any atom is 0.155 e. The molecule has 0 radical (unpaired) electrons. The SMILES string of the molecule is CC(Cl)c1nc2cc(F)ccc2n1C(C)c1nncn1C. The summed E-state index contributed by atoms with van der Waals surface area (Å²) in [4.78, 5) is 4.47. The van der Waals surface area contributed by atoms with E-state index in [9.17, 15) is 4.39 Å². The zero-order valence-corrected chi connectivity index (χ0v) is 12.7. The van der Waals surface area contributed by atoms with Gasteiger partial charge in [-0.15, -0.1) is 21.8 Å². The van der Waals surface area contributed by atoms with Gasteiger partial charge >= 0.3 is 0 Å². The summed E-state index contributed by atoms with van der Waals surface area (Å²) in [7, 11) is 1.88. The van der Waals surface area contributed by atoms with Crippen molar-refractivity contribution in [1.82, 2.24) is 24.3 Å². The minimum atomic E-state index is -0.313. The summed E-state index contributed by atoms with van der Waals surface area (Å²) in [6.45, 7) is 3.84. The Hall–Kier alpha value is -1.95. The molecular weight excluding hydrogens is 293 g/mol. The van der Waals surface area contributed by atoms with Crippen LogP contribution in [0.15, 0.2) is 24.5 Å². The van der Waals surface area contributed by atoms with Crippen LogP contribution in [0.25, 0.3) is 11.0 Å². The molecule has 2 atom stereocenters. The van der Waals surface area contributed by atoms with Gasteiger partial charge in [0.2, 0.25) is 0 Å². The first-order valence-corrected chi connectivity index (χ1v) is 7.08. The minimum Gasteiger partial charge on any atom is -0.319 e. The number of aryl methyl sites for hydroxylation is 1. The molecule has 0 bridgehead atoms. The van der Waals surface area contributed by atoms with Crippen LogP contribution in [-0.2, 0) is 7.05 Å². The molecule has 0 aliphatic heterocycles. The molecule has 0 aliphatic carbocycles. The molecule has 0 N–H and O–H groups in total. The molecule has 3 aromatic rings. The number of aromatic nitrogens is 5. The Bertz CT molecular complexity index is 792. The van der Waals surface area contributed by atoms with E-state index in [-0.39, 0.29) is 17.2 Å². The molecular formula is C14H15ClFN5. The van der Waals surface area contributed by atoms with Crippen LogP contribution in [0.4, 0.5) is 4.39 Å². The number of benzene rings is 1. The van der Waals surface area contributed by atoms with Gasteiger partial charge in [-0.25, -0.2) is 9.37 Å². The van der Waals surface area contributed by atoms with E-state index < -0.39 is 0 Å². The first kappa shape index (κ1) is 14.0. The van der Waals surface area contributed by atoms with Crippen molar-refractivity contribution < 1.29 is 4.39 Å². The molecule has 2 unspecified atom stereocenters. The molecule has 0 aliphatic rings. The summed E-state index contributed by atoms with van der Waals surface area (Å²) in [6.07, 6.45) is 1.65. The Morgan fingerprint density at radius 2 is 2.00 bits per heavy atom. The molecule has 0 amide bonds. The van der Waals surface area contributed by atoms with Gasteiger partial charge in [-0.2, -0.15) is 0 Å². The summed E-state index contributed by atoms with van der Waals surface area (Å²) in [5.41, 5.74) is 1.42. The topological polar surface area (TPSA) is 48.5 Å². The smallest absolute Gasteiger partial charge is 0.155 e. The lowest BCUT2D eigenvalue weighted by Crippen LogP contribution is -2.15. The number of hydrogen-bond donors (Lipinski definition) is 0. The molecule has 2 heterocycles. The lowest BCUT2D eigenvalue weighted by Gasteiger charge is -2.17. The second-order valence-corrected chi connectivity index (χ2v) is 5.72. The Morgan fingerprint density at radius 3 is 2.62 bits per heavy atom. The molecule has 5 nitrogen and oxygen atoms in total. The van der Waals surface area contributed by atoms with E-state index in [2.05, 4.69) is 15.2 Å². The van der Waals surface area contributed by atoms with Crippen molar-refractivity contribution in [2.45, 2.75) is 25.3 Å². The van der Waals surface area contributed by atoms with Crippen molar-refractivity contribution in [1.29, 1.82) is 0 Å².